The van der Waals surface area contributed by atoms with E-state index >= 15 is 0 Å². The van der Waals surface area contributed by atoms with Crippen LogP contribution in [0.4, 0.5) is 18.0 Å². The summed E-state index contributed by atoms with van der Waals surface area (Å²) in [5.41, 5.74) is 0.899. The fourth-order valence-electron chi connectivity index (χ4n) is 4.14. The Morgan fingerprint density at radius 1 is 1.37 bits per heavy atom. The number of aromatic nitrogens is 2. The van der Waals surface area contributed by atoms with Gasteiger partial charge in [0.25, 0.3) is 0 Å². The number of carbonyl (C=O) groups is 1. The highest BCUT2D eigenvalue weighted by molar-refractivity contribution is 6.31. The van der Waals surface area contributed by atoms with Gasteiger partial charge in [0.05, 0.1) is 24.2 Å². The van der Waals surface area contributed by atoms with Crippen LogP contribution in [0.2, 0.25) is 5.02 Å². The summed E-state index contributed by atoms with van der Waals surface area (Å²) in [6.07, 6.45) is -3.21. The van der Waals surface area contributed by atoms with Crippen LogP contribution in [0.1, 0.15) is 44.8 Å². The molecule has 0 bridgehead atoms. The first-order valence-electron chi connectivity index (χ1n) is 9.89. The number of H-pyrrole nitrogens is 1. The van der Waals surface area contributed by atoms with Crippen LogP contribution in [-0.4, -0.2) is 52.0 Å². The van der Waals surface area contributed by atoms with Gasteiger partial charge < -0.3 is 15.3 Å². The van der Waals surface area contributed by atoms with Crippen LogP contribution in [-0.2, 0) is 0 Å². The number of halogens is 4. The second-order valence-electron chi connectivity index (χ2n) is 8.41. The molecule has 1 atom stereocenters. The summed E-state index contributed by atoms with van der Waals surface area (Å²) in [5.74, 6) is 0.115. The van der Waals surface area contributed by atoms with E-state index < -0.39 is 36.7 Å². The Balaban J connectivity index is 1.62. The number of nitrogens with zero attached hydrogens (tertiary/aromatic N) is 2. The van der Waals surface area contributed by atoms with Gasteiger partial charge in [-0.15, -0.1) is 0 Å². The van der Waals surface area contributed by atoms with Crippen molar-refractivity contribution in [3.05, 3.63) is 28.9 Å². The fourth-order valence-corrected chi connectivity index (χ4v) is 4.37. The van der Waals surface area contributed by atoms with Gasteiger partial charge in [0.2, 0.25) is 0 Å². The van der Waals surface area contributed by atoms with Crippen molar-refractivity contribution in [2.75, 3.05) is 19.6 Å². The van der Waals surface area contributed by atoms with Crippen LogP contribution in [0.5, 0.6) is 0 Å². The predicted molar refractivity (Wildman–Crippen MR) is 108 cm³/mol. The summed E-state index contributed by atoms with van der Waals surface area (Å²) >= 11 is 6.21. The zero-order chi connectivity index (χ0) is 22.1. The van der Waals surface area contributed by atoms with E-state index in [1.54, 1.807) is 18.3 Å². The second kappa shape index (κ2) is 8.63. The monoisotopic (exact) mass is 446 g/mol. The lowest BCUT2D eigenvalue weighted by molar-refractivity contribution is -0.133. The van der Waals surface area contributed by atoms with E-state index in [2.05, 4.69) is 15.5 Å². The summed E-state index contributed by atoms with van der Waals surface area (Å²) in [7, 11) is 0. The van der Waals surface area contributed by atoms with Crippen molar-refractivity contribution in [3.8, 4) is 0 Å². The quantitative estimate of drug-likeness (QED) is 0.625. The highest BCUT2D eigenvalue weighted by Gasteiger charge is 2.40. The van der Waals surface area contributed by atoms with Crippen molar-refractivity contribution >= 4 is 28.5 Å². The Bertz CT molecular complexity index is 892. The van der Waals surface area contributed by atoms with E-state index in [-0.39, 0.29) is 5.92 Å². The van der Waals surface area contributed by atoms with Gasteiger partial charge in [0.15, 0.2) is 0 Å². The first kappa shape index (κ1) is 22.7. The van der Waals surface area contributed by atoms with Crippen LogP contribution in [0.25, 0.3) is 10.9 Å². The van der Waals surface area contributed by atoms with Crippen LogP contribution < -0.4 is 5.32 Å². The van der Waals surface area contributed by atoms with Crippen molar-refractivity contribution in [2.24, 2.45) is 11.3 Å². The molecule has 0 spiro atoms. The molecule has 1 unspecified atom stereocenters. The zero-order valence-corrected chi connectivity index (χ0v) is 17.6. The minimum atomic E-state index is -4.29. The molecule has 1 aromatic carbocycles. The van der Waals surface area contributed by atoms with E-state index in [1.165, 1.54) is 4.90 Å². The van der Waals surface area contributed by atoms with Gasteiger partial charge in [-0.3, -0.25) is 5.10 Å². The van der Waals surface area contributed by atoms with E-state index in [4.69, 9.17) is 11.6 Å². The standard InChI is InChI=1S/C20H26ClF3N4O2/c1-19(2,17(29)15-10-14(21)9-12-11-26-27-16(12)15)13-3-7-28(8-4-13)18(30)25-6-5-20(22,23)24/h9-11,13,17,29H,3-8H2,1-2H3,(H,25,30)(H,26,27). The maximum absolute atomic E-state index is 12.2. The Morgan fingerprint density at radius 3 is 2.67 bits per heavy atom. The van der Waals surface area contributed by atoms with E-state index in [9.17, 15) is 23.1 Å². The Labute approximate surface area is 177 Å². The number of nitrogens with one attached hydrogen (secondary N) is 2. The van der Waals surface area contributed by atoms with Crippen molar-refractivity contribution in [2.45, 2.75) is 45.4 Å². The number of urea groups is 1. The normalized spacial score (nSPS) is 17.4. The molecule has 0 radical (unpaired) electrons. The number of rotatable bonds is 5. The second-order valence-corrected chi connectivity index (χ2v) is 8.85. The van der Waals surface area contributed by atoms with Crippen LogP contribution in [0.15, 0.2) is 18.3 Å². The maximum Gasteiger partial charge on any atom is 0.390 e. The molecule has 0 saturated carbocycles. The van der Waals surface area contributed by atoms with Crippen LogP contribution >= 0.6 is 11.6 Å². The fraction of sp³-hybridized carbons (Fsp3) is 0.600. The van der Waals surface area contributed by atoms with Crippen molar-refractivity contribution in [3.63, 3.8) is 0 Å². The molecule has 1 aliphatic rings. The minimum absolute atomic E-state index is 0.115. The average Bonchev–Trinajstić information content (AvgIpc) is 3.14. The number of likely N-dealkylation sites (tertiary alicyclic amines) is 1. The number of aliphatic hydroxyl groups excluding tert-OH is 1. The van der Waals surface area contributed by atoms with Gasteiger partial charge in [0, 0.05) is 35.6 Å². The lowest BCUT2D eigenvalue weighted by Crippen LogP contribution is -2.47. The van der Waals surface area contributed by atoms with E-state index in [0.29, 0.717) is 36.5 Å². The number of carbonyl (C=O) groups excluding carboxylic acids is 1. The molecule has 2 heterocycles. The topological polar surface area (TPSA) is 81.2 Å². The molecule has 10 heteroatoms. The number of hydrogen-bond donors (Lipinski definition) is 3. The summed E-state index contributed by atoms with van der Waals surface area (Å²) in [5, 5.41) is 21.8. The third-order valence-electron chi connectivity index (χ3n) is 6.06. The molecule has 166 valence electrons. The smallest absolute Gasteiger partial charge is 0.388 e. The first-order valence-corrected chi connectivity index (χ1v) is 10.3. The van der Waals surface area contributed by atoms with Gasteiger partial charge in [0.1, 0.15) is 0 Å². The molecule has 1 saturated heterocycles. The summed E-state index contributed by atoms with van der Waals surface area (Å²) in [4.78, 5) is 13.7. The number of alkyl halides is 3. The Morgan fingerprint density at radius 2 is 2.03 bits per heavy atom. The van der Waals surface area contributed by atoms with Gasteiger partial charge in [-0.2, -0.15) is 18.3 Å². The third-order valence-corrected chi connectivity index (χ3v) is 6.28. The number of amides is 2. The number of fused-ring (bicyclic) bond motifs is 1. The Hall–Kier alpha value is -2.00. The zero-order valence-electron chi connectivity index (χ0n) is 16.9. The van der Waals surface area contributed by atoms with Gasteiger partial charge >= 0.3 is 12.2 Å². The first-order chi connectivity index (χ1) is 14.0. The molecule has 6 nitrogen and oxygen atoms in total. The molecular formula is C20H26ClF3N4O2. The van der Waals surface area contributed by atoms with Crippen molar-refractivity contribution in [1.29, 1.82) is 0 Å². The third kappa shape index (κ3) is 5.00. The molecule has 0 aliphatic carbocycles. The average molecular weight is 447 g/mol. The number of benzene rings is 1. The number of piperidine rings is 1. The van der Waals surface area contributed by atoms with Crippen LogP contribution in [0, 0.1) is 11.3 Å². The van der Waals surface area contributed by atoms with Crippen molar-refractivity contribution < 1.29 is 23.1 Å². The highest BCUT2D eigenvalue weighted by atomic mass is 35.5. The lowest BCUT2D eigenvalue weighted by atomic mass is 9.68. The van der Waals surface area contributed by atoms with Gasteiger partial charge in [-0.1, -0.05) is 25.4 Å². The van der Waals surface area contributed by atoms with Crippen molar-refractivity contribution in [1.82, 2.24) is 20.4 Å². The number of hydrogen-bond acceptors (Lipinski definition) is 3. The lowest BCUT2D eigenvalue weighted by Gasteiger charge is -2.43. The van der Waals surface area contributed by atoms with E-state index in [1.807, 2.05) is 13.8 Å². The SMILES string of the molecule is CC(C)(C1CCN(C(=O)NCCC(F)(F)F)CC1)C(O)c1cc(Cl)cc2cn[nH]c12. The highest BCUT2D eigenvalue weighted by Crippen LogP contribution is 2.46. The molecular weight excluding hydrogens is 421 g/mol. The largest absolute Gasteiger partial charge is 0.390 e. The maximum atomic E-state index is 12.2. The molecule has 2 amide bonds. The summed E-state index contributed by atoms with van der Waals surface area (Å²) in [6.45, 7) is 4.37. The molecule has 30 heavy (non-hydrogen) atoms. The predicted octanol–water partition coefficient (Wildman–Crippen LogP) is 4.65. The van der Waals surface area contributed by atoms with Gasteiger partial charge in [-0.05, 0) is 36.3 Å². The molecule has 1 aromatic heterocycles. The summed E-state index contributed by atoms with van der Waals surface area (Å²) < 4.78 is 36.7. The molecule has 1 fully saturated rings. The molecule has 1 aliphatic heterocycles. The van der Waals surface area contributed by atoms with Gasteiger partial charge in [-0.25, -0.2) is 4.79 Å². The van der Waals surface area contributed by atoms with E-state index in [0.717, 1.165) is 10.9 Å². The van der Waals surface area contributed by atoms with Crippen LogP contribution in [0.3, 0.4) is 0 Å². The molecule has 2 aromatic rings. The molecule has 3 rings (SSSR count). The molecule has 3 N–H and O–H groups in total. The summed E-state index contributed by atoms with van der Waals surface area (Å²) in [6, 6.07) is 3.03. The number of aliphatic hydroxyl groups is 1. The Kier molecular flexibility index (Phi) is 6.52. The number of aromatic amines is 1. The minimum Gasteiger partial charge on any atom is -0.388 e.